The number of ether oxygens (including phenoxy) is 1. The number of hydrogen-bond donors (Lipinski definition) is 0. The van der Waals surface area contributed by atoms with Gasteiger partial charge in [0.15, 0.2) is 0 Å². The van der Waals surface area contributed by atoms with Gasteiger partial charge in [-0.3, -0.25) is 9.59 Å². The molecule has 2 aliphatic rings. The molecule has 0 N–H and O–H groups in total. The minimum absolute atomic E-state index is 0.0682. The fourth-order valence-corrected chi connectivity index (χ4v) is 4.10. The van der Waals surface area contributed by atoms with E-state index < -0.39 is 6.36 Å². The maximum atomic E-state index is 13.1. The molecule has 2 heterocycles. The van der Waals surface area contributed by atoms with Crippen LogP contribution in [0.5, 0.6) is 5.75 Å². The van der Waals surface area contributed by atoms with Crippen molar-refractivity contribution in [3.8, 4) is 5.75 Å². The lowest BCUT2D eigenvalue weighted by Crippen LogP contribution is -2.50. The van der Waals surface area contributed by atoms with Gasteiger partial charge in [-0.15, -0.1) is 13.2 Å². The number of likely N-dealkylation sites (tertiary alicyclic amines) is 1. The van der Waals surface area contributed by atoms with Crippen LogP contribution < -0.4 is 9.64 Å². The maximum absolute atomic E-state index is 13.1. The van der Waals surface area contributed by atoms with Crippen LogP contribution in [0.4, 0.5) is 18.9 Å². The number of carbonyl (C=O) groups is 2. The number of nitrogens with zero attached hydrogens (tertiary/aromatic N) is 2. The zero-order valence-corrected chi connectivity index (χ0v) is 16.3. The molecular formula is C20H25F3N2O3. The number of carbonyl (C=O) groups excluding carboxylic acids is 2. The van der Waals surface area contributed by atoms with Crippen LogP contribution in [0.2, 0.25) is 0 Å². The Kier molecular flexibility index (Phi) is 5.34. The Hall–Kier alpha value is -2.25. The van der Waals surface area contributed by atoms with Crippen molar-refractivity contribution in [1.82, 2.24) is 4.90 Å². The zero-order chi connectivity index (χ0) is 20.7. The van der Waals surface area contributed by atoms with Gasteiger partial charge in [-0.2, -0.15) is 0 Å². The van der Waals surface area contributed by atoms with Crippen LogP contribution in [-0.2, 0) is 9.59 Å². The normalized spacial score (nSPS) is 25.2. The van der Waals surface area contributed by atoms with Gasteiger partial charge in [0, 0.05) is 37.2 Å². The Morgan fingerprint density at radius 2 is 1.93 bits per heavy atom. The topological polar surface area (TPSA) is 49.9 Å². The summed E-state index contributed by atoms with van der Waals surface area (Å²) < 4.78 is 40.8. The lowest BCUT2D eigenvalue weighted by atomic mass is 9.73. The van der Waals surface area contributed by atoms with Crippen LogP contribution in [-0.4, -0.2) is 42.7 Å². The van der Waals surface area contributed by atoms with E-state index in [2.05, 4.69) is 4.74 Å². The fraction of sp³-hybridized carbons (Fsp3) is 0.600. The molecule has 28 heavy (non-hydrogen) atoms. The van der Waals surface area contributed by atoms with E-state index in [1.54, 1.807) is 9.80 Å². The van der Waals surface area contributed by atoms with Gasteiger partial charge in [-0.25, -0.2) is 0 Å². The summed E-state index contributed by atoms with van der Waals surface area (Å²) in [5, 5.41) is 0. The van der Waals surface area contributed by atoms with Gasteiger partial charge in [-0.1, -0.05) is 20.8 Å². The summed E-state index contributed by atoms with van der Waals surface area (Å²) in [6.07, 6.45) is -3.56. The van der Waals surface area contributed by atoms with E-state index in [1.807, 2.05) is 20.8 Å². The van der Waals surface area contributed by atoms with E-state index in [4.69, 9.17) is 0 Å². The van der Waals surface area contributed by atoms with Gasteiger partial charge in [0.2, 0.25) is 11.8 Å². The second kappa shape index (κ2) is 7.29. The van der Waals surface area contributed by atoms with E-state index in [0.717, 1.165) is 6.42 Å². The Morgan fingerprint density at radius 1 is 1.29 bits per heavy atom. The third-order valence-corrected chi connectivity index (χ3v) is 5.58. The number of halogens is 3. The molecule has 0 bridgehead atoms. The van der Waals surface area contributed by atoms with Gasteiger partial charge in [0.05, 0.1) is 5.92 Å². The van der Waals surface area contributed by atoms with E-state index in [-0.39, 0.29) is 34.8 Å². The quantitative estimate of drug-likeness (QED) is 0.775. The molecule has 0 saturated carbocycles. The van der Waals surface area contributed by atoms with Crippen LogP contribution in [0.25, 0.3) is 0 Å². The SMILES string of the molecule is CC(C)CC(=O)N1CC2C(=O)N(c3ccc(OC(F)(F)F)cc3)CCC2(C)C1. The molecule has 2 unspecified atom stereocenters. The third-order valence-electron chi connectivity index (χ3n) is 5.58. The number of alkyl halides is 3. The summed E-state index contributed by atoms with van der Waals surface area (Å²) in [5.74, 6) is -0.385. The first-order valence-electron chi connectivity index (χ1n) is 9.43. The van der Waals surface area contributed by atoms with Crippen LogP contribution >= 0.6 is 0 Å². The van der Waals surface area contributed by atoms with Gasteiger partial charge < -0.3 is 14.5 Å². The third kappa shape index (κ3) is 4.25. The predicted molar refractivity (Wildman–Crippen MR) is 97.7 cm³/mol. The Bertz CT molecular complexity index is 748. The molecule has 0 spiro atoms. The summed E-state index contributed by atoms with van der Waals surface area (Å²) in [6, 6.07) is 5.32. The monoisotopic (exact) mass is 398 g/mol. The van der Waals surface area contributed by atoms with Crippen LogP contribution in [0.1, 0.15) is 33.6 Å². The summed E-state index contributed by atoms with van der Waals surface area (Å²) in [5.41, 5.74) is 0.271. The Balaban J connectivity index is 1.72. The van der Waals surface area contributed by atoms with E-state index in [0.29, 0.717) is 31.7 Å². The maximum Gasteiger partial charge on any atom is 0.573 e. The summed E-state index contributed by atoms with van der Waals surface area (Å²) in [4.78, 5) is 28.9. The molecule has 0 aromatic heterocycles. The van der Waals surface area contributed by atoms with Crippen LogP contribution in [0.15, 0.2) is 24.3 Å². The number of rotatable bonds is 4. The highest BCUT2D eigenvalue weighted by Gasteiger charge is 2.52. The predicted octanol–water partition coefficient (Wildman–Crippen LogP) is 3.83. The first kappa shape index (κ1) is 20.5. The van der Waals surface area contributed by atoms with E-state index >= 15 is 0 Å². The molecule has 1 aromatic carbocycles. The number of anilines is 1. The Morgan fingerprint density at radius 3 is 2.50 bits per heavy atom. The van der Waals surface area contributed by atoms with Gasteiger partial charge in [0.1, 0.15) is 5.75 Å². The van der Waals surface area contributed by atoms with Crippen molar-refractivity contribution in [3.05, 3.63) is 24.3 Å². The first-order valence-corrected chi connectivity index (χ1v) is 9.43. The average molecular weight is 398 g/mol. The van der Waals surface area contributed by atoms with Crippen molar-refractivity contribution in [2.75, 3.05) is 24.5 Å². The average Bonchev–Trinajstić information content (AvgIpc) is 2.93. The molecule has 2 saturated heterocycles. The number of benzene rings is 1. The summed E-state index contributed by atoms with van der Waals surface area (Å²) in [7, 11) is 0. The molecule has 5 nitrogen and oxygen atoms in total. The zero-order valence-electron chi connectivity index (χ0n) is 16.3. The molecule has 3 rings (SSSR count). The molecule has 154 valence electrons. The van der Waals surface area contributed by atoms with Crippen molar-refractivity contribution in [2.45, 2.75) is 40.0 Å². The number of piperidine rings is 1. The Labute approximate surface area is 162 Å². The van der Waals surface area contributed by atoms with Crippen molar-refractivity contribution >= 4 is 17.5 Å². The molecule has 8 heteroatoms. The molecule has 2 amide bonds. The van der Waals surface area contributed by atoms with Gasteiger partial charge >= 0.3 is 6.36 Å². The highest BCUT2D eigenvalue weighted by Crippen LogP contribution is 2.44. The molecule has 2 aliphatic heterocycles. The fourth-order valence-electron chi connectivity index (χ4n) is 4.10. The summed E-state index contributed by atoms with van der Waals surface area (Å²) >= 11 is 0. The largest absolute Gasteiger partial charge is 0.573 e. The molecule has 1 aromatic rings. The van der Waals surface area contributed by atoms with Crippen LogP contribution in [0, 0.1) is 17.3 Å². The van der Waals surface area contributed by atoms with E-state index in [9.17, 15) is 22.8 Å². The number of fused-ring (bicyclic) bond motifs is 1. The first-order chi connectivity index (χ1) is 13.0. The van der Waals surface area contributed by atoms with Crippen molar-refractivity contribution < 1.29 is 27.5 Å². The minimum Gasteiger partial charge on any atom is -0.406 e. The van der Waals surface area contributed by atoms with Crippen molar-refractivity contribution in [3.63, 3.8) is 0 Å². The lowest BCUT2D eigenvalue weighted by molar-refractivity contribution is -0.274. The standard InChI is InChI=1S/C20H25F3N2O3/c1-13(2)10-17(26)24-11-16-18(27)25(9-8-19(16,3)12-24)14-4-6-15(7-5-14)28-20(21,22)23/h4-7,13,16H,8-12H2,1-3H3. The number of amides is 2. The highest BCUT2D eigenvalue weighted by atomic mass is 19.4. The molecule has 0 aliphatic carbocycles. The van der Waals surface area contributed by atoms with Gasteiger partial charge in [0.25, 0.3) is 0 Å². The van der Waals surface area contributed by atoms with Gasteiger partial charge in [-0.05, 0) is 36.6 Å². The van der Waals surface area contributed by atoms with Crippen molar-refractivity contribution in [1.29, 1.82) is 0 Å². The minimum atomic E-state index is -4.75. The van der Waals surface area contributed by atoms with Crippen LogP contribution in [0.3, 0.4) is 0 Å². The van der Waals surface area contributed by atoms with Crippen molar-refractivity contribution in [2.24, 2.45) is 17.3 Å². The second-order valence-electron chi connectivity index (χ2n) is 8.36. The smallest absolute Gasteiger partial charge is 0.406 e. The molecule has 0 radical (unpaired) electrons. The molecule has 2 fully saturated rings. The number of hydrogen-bond acceptors (Lipinski definition) is 3. The highest BCUT2D eigenvalue weighted by molar-refractivity contribution is 5.97. The molecule has 2 atom stereocenters. The summed E-state index contributed by atoms with van der Waals surface area (Å²) in [6.45, 7) is 7.45. The second-order valence-corrected chi connectivity index (χ2v) is 8.36. The lowest BCUT2D eigenvalue weighted by Gasteiger charge is -2.40. The van der Waals surface area contributed by atoms with E-state index in [1.165, 1.54) is 24.3 Å². The molecular weight excluding hydrogens is 373 g/mol.